The van der Waals surface area contributed by atoms with Crippen LogP contribution in [0.15, 0.2) is 0 Å². The van der Waals surface area contributed by atoms with Gasteiger partial charge in [-0.2, -0.15) is 0 Å². The first-order chi connectivity index (χ1) is 6.81. The van der Waals surface area contributed by atoms with Gasteiger partial charge in [-0.25, -0.2) is 0 Å². The number of aliphatic hydroxyl groups is 2. The van der Waals surface area contributed by atoms with Crippen molar-refractivity contribution in [3.63, 3.8) is 0 Å². The molecule has 0 amide bonds. The molecule has 2 rings (SSSR count). The van der Waals surface area contributed by atoms with Crippen molar-refractivity contribution < 1.29 is 14.9 Å². The zero-order valence-electron chi connectivity index (χ0n) is 8.56. The highest BCUT2D eigenvalue weighted by atomic mass is 16.5. The predicted molar refractivity (Wildman–Crippen MR) is 52.9 cm³/mol. The lowest BCUT2D eigenvalue weighted by atomic mass is 9.84. The first-order valence-electron chi connectivity index (χ1n) is 5.75. The number of aliphatic hydroxyl groups excluding tert-OH is 2. The van der Waals surface area contributed by atoms with Gasteiger partial charge in [0, 0.05) is 6.42 Å². The van der Waals surface area contributed by atoms with Crippen molar-refractivity contribution in [1.29, 1.82) is 0 Å². The van der Waals surface area contributed by atoms with Crippen LogP contribution >= 0.6 is 0 Å². The lowest BCUT2D eigenvalue weighted by molar-refractivity contribution is -0.0428. The molecule has 1 saturated heterocycles. The molecule has 1 saturated carbocycles. The van der Waals surface area contributed by atoms with Gasteiger partial charge in [0.2, 0.25) is 0 Å². The highest BCUT2D eigenvalue weighted by molar-refractivity contribution is 4.86. The van der Waals surface area contributed by atoms with Gasteiger partial charge in [0.25, 0.3) is 0 Å². The SMILES string of the molecule is OC[C@H]1O[C@H](C2CCCCC2)CC1O. The van der Waals surface area contributed by atoms with Crippen LogP contribution in [0.4, 0.5) is 0 Å². The molecule has 1 unspecified atom stereocenters. The second-order valence-electron chi connectivity index (χ2n) is 4.60. The van der Waals surface area contributed by atoms with Gasteiger partial charge in [0.15, 0.2) is 0 Å². The van der Waals surface area contributed by atoms with E-state index in [2.05, 4.69) is 0 Å². The third-order valence-corrected chi connectivity index (χ3v) is 3.61. The Kier molecular flexibility index (Phi) is 3.42. The Morgan fingerprint density at radius 2 is 1.86 bits per heavy atom. The first kappa shape index (κ1) is 10.4. The van der Waals surface area contributed by atoms with Crippen molar-refractivity contribution in [2.75, 3.05) is 6.61 Å². The quantitative estimate of drug-likeness (QED) is 0.701. The molecule has 0 bridgehead atoms. The van der Waals surface area contributed by atoms with Crippen molar-refractivity contribution in [2.45, 2.75) is 56.8 Å². The minimum absolute atomic E-state index is 0.0512. The molecule has 0 aromatic rings. The maximum Gasteiger partial charge on any atom is 0.107 e. The summed E-state index contributed by atoms with van der Waals surface area (Å²) in [6.45, 7) is -0.0512. The molecule has 2 fully saturated rings. The summed E-state index contributed by atoms with van der Waals surface area (Å²) in [6, 6.07) is 0. The Bertz CT molecular complexity index is 177. The van der Waals surface area contributed by atoms with Gasteiger partial charge in [-0.3, -0.25) is 0 Å². The Balaban J connectivity index is 1.86. The van der Waals surface area contributed by atoms with Crippen LogP contribution in [0.2, 0.25) is 0 Å². The molecule has 0 aromatic carbocycles. The van der Waals surface area contributed by atoms with Crippen molar-refractivity contribution in [2.24, 2.45) is 5.92 Å². The standard InChI is InChI=1S/C11H20O3/c12-7-11-9(13)6-10(14-11)8-4-2-1-3-5-8/h8-13H,1-7H2/t9?,10-,11+/m0/s1. The van der Waals surface area contributed by atoms with E-state index in [-0.39, 0.29) is 18.8 Å². The molecule has 0 spiro atoms. The number of ether oxygens (including phenoxy) is 1. The Morgan fingerprint density at radius 3 is 2.43 bits per heavy atom. The van der Waals surface area contributed by atoms with Gasteiger partial charge in [0.05, 0.1) is 18.8 Å². The molecule has 3 atom stereocenters. The molecular weight excluding hydrogens is 180 g/mol. The van der Waals surface area contributed by atoms with Crippen LogP contribution < -0.4 is 0 Å². The molecule has 1 heterocycles. The van der Waals surface area contributed by atoms with Crippen LogP contribution in [0.25, 0.3) is 0 Å². The van der Waals surface area contributed by atoms with Crippen molar-refractivity contribution in [3.8, 4) is 0 Å². The number of hydrogen-bond acceptors (Lipinski definition) is 3. The monoisotopic (exact) mass is 200 g/mol. The second-order valence-corrected chi connectivity index (χ2v) is 4.60. The lowest BCUT2D eigenvalue weighted by Gasteiger charge is -2.26. The average Bonchev–Trinajstić information content (AvgIpc) is 2.61. The third kappa shape index (κ3) is 2.10. The zero-order chi connectivity index (χ0) is 9.97. The summed E-state index contributed by atoms with van der Waals surface area (Å²) in [5.41, 5.74) is 0. The third-order valence-electron chi connectivity index (χ3n) is 3.61. The van der Waals surface area contributed by atoms with Crippen molar-refractivity contribution in [1.82, 2.24) is 0 Å². The van der Waals surface area contributed by atoms with Gasteiger partial charge >= 0.3 is 0 Å². The molecule has 3 heteroatoms. The summed E-state index contributed by atoms with van der Waals surface area (Å²) in [5, 5.41) is 18.6. The molecular formula is C11H20O3. The van der Waals surface area contributed by atoms with E-state index in [4.69, 9.17) is 9.84 Å². The molecule has 14 heavy (non-hydrogen) atoms. The van der Waals surface area contributed by atoms with E-state index in [1.807, 2.05) is 0 Å². The van der Waals surface area contributed by atoms with Crippen LogP contribution in [-0.4, -0.2) is 35.1 Å². The molecule has 2 aliphatic rings. The van der Waals surface area contributed by atoms with Gasteiger partial charge in [0.1, 0.15) is 6.10 Å². The molecule has 3 nitrogen and oxygen atoms in total. The summed E-state index contributed by atoms with van der Waals surface area (Å²) >= 11 is 0. The highest BCUT2D eigenvalue weighted by Gasteiger charge is 2.37. The van der Waals surface area contributed by atoms with Crippen LogP contribution in [0.3, 0.4) is 0 Å². The summed E-state index contributed by atoms with van der Waals surface area (Å²) in [7, 11) is 0. The maximum absolute atomic E-state index is 9.61. The van der Waals surface area contributed by atoms with Crippen LogP contribution in [0.1, 0.15) is 38.5 Å². The summed E-state index contributed by atoms with van der Waals surface area (Å²) in [4.78, 5) is 0. The number of hydrogen-bond donors (Lipinski definition) is 2. The largest absolute Gasteiger partial charge is 0.394 e. The van der Waals surface area contributed by atoms with Gasteiger partial charge < -0.3 is 14.9 Å². The summed E-state index contributed by atoms with van der Waals surface area (Å²) in [5.74, 6) is 0.620. The predicted octanol–water partition coefficient (Wildman–Crippen LogP) is 1.08. The molecule has 0 aromatic heterocycles. The lowest BCUT2D eigenvalue weighted by Crippen LogP contribution is -2.25. The smallest absolute Gasteiger partial charge is 0.107 e. The molecule has 82 valence electrons. The Hall–Kier alpha value is -0.120. The minimum Gasteiger partial charge on any atom is -0.394 e. The molecule has 0 radical (unpaired) electrons. The normalized spacial score (nSPS) is 40.3. The number of rotatable bonds is 2. The van der Waals surface area contributed by atoms with Gasteiger partial charge in [-0.15, -0.1) is 0 Å². The van der Waals surface area contributed by atoms with Crippen molar-refractivity contribution in [3.05, 3.63) is 0 Å². The van der Waals surface area contributed by atoms with E-state index in [0.29, 0.717) is 5.92 Å². The summed E-state index contributed by atoms with van der Waals surface area (Å²) in [6.07, 6.45) is 6.53. The van der Waals surface area contributed by atoms with E-state index < -0.39 is 6.10 Å². The Labute approximate surface area is 85.1 Å². The van der Waals surface area contributed by atoms with Gasteiger partial charge in [-0.1, -0.05) is 19.3 Å². The minimum atomic E-state index is -0.452. The zero-order valence-corrected chi connectivity index (χ0v) is 8.56. The van der Waals surface area contributed by atoms with Gasteiger partial charge in [-0.05, 0) is 18.8 Å². The topological polar surface area (TPSA) is 49.7 Å². The maximum atomic E-state index is 9.61. The van der Waals surface area contributed by atoms with E-state index in [0.717, 1.165) is 6.42 Å². The van der Waals surface area contributed by atoms with Crippen LogP contribution in [0, 0.1) is 5.92 Å². The average molecular weight is 200 g/mol. The Morgan fingerprint density at radius 1 is 1.14 bits per heavy atom. The first-order valence-corrected chi connectivity index (χ1v) is 5.75. The molecule has 1 aliphatic heterocycles. The molecule has 2 N–H and O–H groups in total. The van der Waals surface area contributed by atoms with Crippen LogP contribution in [-0.2, 0) is 4.74 Å². The van der Waals surface area contributed by atoms with Crippen LogP contribution in [0.5, 0.6) is 0 Å². The fourth-order valence-corrected chi connectivity index (χ4v) is 2.73. The van der Waals surface area contributed by atoms with Crippen molar-refractivity contribution >= 4 is 0 Å². The van der Waals surface area contributed by atoms with E-state index in [1.54, 1.807) is 0 Å². The summed E-state index contributed by atoms with van der Waals surface area (Å²) < 4.78 is 5.66. The highest BCUT2D eigenvalue weighted by Crippen LogP contribution is 2.34. The fourth-order valence-electron chi connectivity index (χ4n) is 2.73. The van der Waals surface area contributed by atoms with E-state index >= 15 is 0 Å². The van der Waals surface area contributed by atoms with E-state index in [1.165, 1.54) is 32.1 Å². The fraction of sp³-hybridized carbons (Fsp3) is 1.00. The van der Waals surface area contributed by atoms with E-state index in [9.17, 15) is 5.11 Å². The molecule has 1 aliphatic carbocycles. The second kappa shape index (κ2) is 4.60.